The minimum absolute atomic E-state index is 0.384. The first kappa shape index (κ1) is 14.8. The smallest absolute Gasteiger partial charge is 0.313 e. The Morgan fingerprint density at radius 3 is 2.61 bits per heavy atom. The Kier molecular flexibility index (Phi) is 5.95. The standard InChI is InChI=1S/C12H14Cl2N2O2/c1-8-7-9(14)3-4-10(8)16-12(18)11(17)15-6-2-5-13/h3-4,7H,2,5-6H2,1H3,(H,15,17)(H,16,18). The predicted octanol–water partition coefficient (Wildman–Crippen LogP) is 2.33. The average Bonchev–Trinajstić information content (AvgIpc) is 2.32. The van der Waals surface area contributed by atoms with Crippen molar-refractivity contribution in [2.45, 2.75) is 13.3 Å². The van der Waals surface area contributed by atoms with Crippen LogP contribution in [0.1, 0.15) is 12.0 Å². The van der Waals surface area contributed by atoms with Gasteiger partial charge in [0.05, 0.1) is 0 Å². The number of anilines is 1. The number of amides is 2. The van der Waals surface area contributed by atoms with Crippen molar-refractivity contribution in [3.63, 3.8) is 0 Å². The van der Waals surface area contributed by atoms with Crippen LogP contribution in [0.25, 0.3) is 0 Å². The third-order valence-corrected chi connectivity index (χ3v) is 2.74. The second-order valence-electron chi connectivity index (χ2n) is 3.71. The maximum absolute atomic E-state index is 11.6. The quantitative estimate of drug-likeness (QED) is 0.508. The van der Waals surface area contributed by atoms with Gasteiger partial charge in [0.1, 0.15) is 0 Å². The van der Waals surface area contributed by atoms with Crippen molar-refractivity contribution in [3.05, 3.63) is 28.8 Å². The number of carbonyl (C=O) groups is 2. The molecule has 0 aromatic heterocycles. The minimum atomic E-state index is -0.699. The molecule has 1 aromatic carbocycles. The van der Waals surface area contributed by atoms with Crippen LogP contribution in [-0.4, -0.2) is 24.2 Å². The van der Waals surface area contributed by atoms with Crippen molar-refractivity contribution in [1.82, 2.24) is 5.32 Å². The van der Waals surface area contributed by atoms with Crippen LogP contribution >= 0.6 is 23.2 Å². The van der Waals surface area contributed by atoms with Gasteiger partial charge in [0.2, 0.25) is 0 Å². The van der Waals surface area contributed by atoms with Crippen molar-refractivity contribution in [1.29, 1.82) is 0 Å². The van der Waals surface area contributed by atoms with E-state index in [-0.39, 0.29) is 0 Å². The van der Waals surface area contributed by atoms with Crippen LogP contribution in [0, 0.1) is 6.92 Å². The van der Waals surface area contributed by atoms with Gasteiger partial charge in [-0.3, -0.25) is 9.59 Å². The fourth-order valence-electron chi connectivity index (χ4n) is 1.30. The summed E-state index contributed by atoms with van der Waals surface area (Å²) in [5.41, 5.74) is 1.36. The van der Waals surface area contributed by atoms with Crippen LogP contribution in [0.3, 0.4) is 0 Å². The summed E-state index contributed by atoms with van der Waals surface area (Å²) < 4.78 is 0. The molecule has 0 saturated carbocycles. The molecule has 2 amide bonds. The maximum atomic E-state index is 11.6. The lowest BCUT2D eigenvalue weighted by Crippen LogP contribution is -2.36. The Hall–Kier alpha value is -1.26. The Morgan fingerprint density at radius 2 is 2.00 bits per heavy atom. The number of nitrogens with one attached hydrogen (secondary N) is 2. The molecule has 0 aliphatic carbocycles. The van der Waals surface area contributed by atoms with Crippen molar-refractivity contribution in [3.8, 4) is 0 Å². The fourth-order valence-corrected chi connectivity index (χ4v) is 1.66. The summed E-state index contributed by atoms with van der Waals surface area (Å²) in [4.78, 5) is 23.0. The number of alkyl halides is 1. The molecule has 0 spiro atoms. The van der Waals surface area contributed by atoms with Gasteiger partial charge in [-0.05, 0) is 37.1 Å². The molecule has 0 bridgehead atoms. The highest BCUT2D eigenvalue weighted by Gasteiger charge is 2.13. The molecule has 18 heavy (non-hydrogen) atoms. The zero-order chi connectivity index (χ0) is 13.5. The first-order valence-corrected chi connectivity index (χ1v) is 6.37. The van der Waals surface area contributed by atoms with Crippen molar-refractivity contribution in [2.24, 2.45) is 0 Å². The fraction of sp³-hybridized carbons (Fsp3) is 0.333. The molecule has 0 atom stereocenters. The van der Waals surface area contributed by atoms with E-state index in [2.05, 4.69) is 10.6 Å². The van der Waals surface area contributed by atoms with E-state index in [0.717, 1.165) is 5.56 Å². The maximum Gasteiger partial charge on any atom is 0.313 e. The number of hydrogen-bond acceptors (Lipinski definition) is 2. The van der Waals surface area contributed by atoms with E-state index in [1.165, 1.54) is 0 Å². The number of hydrogen-bond donors (Lipinski definition) is 2. The zero-order valence-electron chi connectivity index (χ0n) is 9.93. The third kappa shape index (κ3) is 4.55. The van der Waals surface area contributed by atoms with Gasteiger partial charge in [0.25, 0.3) is 0 Å². The Bertz CT molecular complexity index is 450. The van der Waals surface area contributed by atoms with Gasteiger partial charge >= 0.3 is 11.8 Å². The minimum Gasteiger partial charge on any atom is -0.348 e. The monoisotopic (exact) mass is 288 g/mol. The van der Waals surface area contributed by atoms with Crippen LogP contribution < -0.4 is 10.6 Å². The number of carbonyl (C=O) groups excluding carboxylic acids is 2. The van der Waals surface area contributed by atoms with E-state index in [9.17, 15) is 9.59 Å². The second-order valence-corrected chi connectivity index (χ2v) is 4.53. The zero-order valence-corrected chi connectivity index (χ0v) is 11.4. The lowest BCUT2D eigenvalue weighted by molar-refractivity contribution is -0.136. The normalized spacial score (nSPS) is 9.94. The van der Waals surface area contributed by atoms with Gasteiger partial charge < -0.3 is 10.6 Å². The molecule has 0 unspecified atom stereocenters. The van der Waals surface area contributed by atoms with Crippen molar-refractivity contribution < 1.29 is 9.59 Å². The highest BCUT2D eigenvalue weighted by atomic mass is 35.5. The molecule has 0 fully saturated rings. The summed E-state index contributed by atoms with van der Waals surface area (Å²) in [7, 11) is 0. The Labute approximate surface area is 116 Å². The first-order valence-electron chi connectivity index (χ1n) is 5.46. The average molecular weight is 289 g/mol. The topological polar surface area (TPSA) is 58.2 Å². The predicted molar refractivity (Wildman–Crippen MR) is 73.2 cm³/mol. The van der Waals surface area contributed by atoms with Crippen LogP contribution in [0.15, 0.2) is 18.2 Å². The number of halogens is 2. The number of benzene rings is 1. The summed E-state index contributed by atoms with van der Waals surface area (Å²) in [6, 6.07) is 5.01. The van der Waals surface area contributed by atoms with Gasteiger partial charge in [-0.1, -0.05) is 11.6 Å². The van der Waals surface area contributed by atoms with Crippen LogP contribution in [0.4, 0.5) is 5.69 Å². The van der Waals surface area contributed by atoms with Gasteiger partial charge in [-0.2, -0.15) is 0 Å². The highest BCUT2D eigenvalue weighted by Crippen LogP contribution is 2.19. The summed E-state index contributed by atoms with van der Waals surface area (Å²) in [6.45, 7) is 2.18. The lowest BCUT2D eigenvalue weighted by atomic mass is 10.2. The SMILES string of the molecule is Cc1cc(Cl)ccc1NC(=O)C(=O)NCCCCl. The number of rotatable bonds is 4. The molecule has 6 heteroatoms. The van der Waals surface area contributed by atoms with Crippen LogP contribution in [0.5, 0.6) is 0 Å². The van der Waals surface area contributed by atoms with E-state index in [1.807, 2.05) is 0 Å². The van der Waals surface area contributed by atoms with Crippen molar-refractivity contribution >= 4 is 40.7 Å². The molecule has 0 aliphatic heterocycles. The largest absolute Gasteiger partial charge is 0.348 e. The van der Waals surface area contributed by atoms with E-state index in [0.29, 0.717) is 29.6 Å². The van der Waals surface area contributed by atoms with E-state index in [4.69, 9.17) is 23.2 Å². The van der Waals surface area contributed by atoms with E-state index < -0.39 is 11.8 Å². The molecule has 0 radical (unpaired) electrons. The first-order chi connectivity index (χ1) is 8.54. The molecule has 98 valence electrons. The third-order valence-electron chi connectivity index (χ3n) is 2.24. The van der Waals surface area contributed by atoms with Gasteiger partial charge in [-0.25, -0.2) is 0 Å². The number of aryl methyl sites for hydroxylation is 1. The summed E-state index contributed by atoms with van der Waals surface area (Å²) in [5, 5.41) is 5.58. The summed E-state index contributed by atoms with van der Waals surface area (Å²) in [6.07, 6.45) is 0.626. The lowest BCUT2D eigenvalue weighted by Gasteiger charge is -2.08. The van der Waals surface area contributed by atoms with Gasteiger partial charge in [0, 0.05) is 23.1 Å². The summed E-state index contributed by atoms with van der Waals surface area (Å²) >= 11 is 11.3. The molecule has 1 rings (SSSR count). The highest BCUT2D eigenvalue weighted by molar-refractivity contribution is 6.39. The molecule has 1 aromatic rings. The molecular weight excluding hydrogens is 275 g/mol. The van der Waals surface area contributed by atoms with Crippen LogP contribution in [-0.2, 0) is 9.59 Å². The second kappa shape index (κ2) is 7.24. The molecule has 0 aliphatic rings. The molecule has 4 nitrogen and oxygen atoms in total. The van der Waals surface area contributed by atoms with Gasteiger partial charge in [-0.15, -0.1) is 11.6 Å². The Morgan fingerprint density at radius 1 is 1.28 bits per heavy atom. The van der Waals surface area contributed by atoms with E-state index in [1.54, 1.807) is 25.1 Å². The molecular formula is C12H14Cl2N2O2. The molecule has 0 heterocycles. The Balaban J connectivity index is 2.56. The molecule has 0 saturated heterocycles. The van der Waals surface area contributed by atoms with Crippen molar-refractivity contribution in [2.75, 3.05) is 17.7 Å². The van der Waals surface area contributed by atoms with Gasteiger partial charge in [0.15, 0.2) is 0 Å². The van der Waals surface area contributed by atoms with E-state index >= 15 is 0 Å². The summed E-state index contributed by atoms with van der Waals surface area (Å²) in [5.74, 6) is -0.928. The van der Waals surface area contributed by atoms with Crippen LogP contribution in [0.2, 0.25) is 5.02 Å². The molecule has 2 N–H and O–H groups in total.